The SMILES string of the molecule is CCOC(=O)Nc1ccc2c(c1)Oc1cc(NC(=O)OCc3ccc(NC(=O)[C@H](CCCNC(N)=O)NC(=O)[C@@H](NC(=O)[C@H](CP(=O)(O)O)NC(=O)CCOCCOCCOCCN4C(=O)C=CC4=O)C(C)C)cc3)ccc1C21OC(=O)c2ccccc21. The van der Waals surface area contributed by atoms with Crippen LogP contribution in [0, 0.1) is 5.92 Å². The standard InChI is InChI=1S/C58H68N9O20P/c1-4-84-56(76)62-37-15-17-41-45(30-37)86-46-31-38(16-18-42(46)58(41)40-9-6-5-8-39(40)54(74)87-58)63-57(77)85-32-35-11-13-36(14-12-35)61-51(71)43(10-7-22-60-55(59)75)65-53(73)50(34(2)3)66-52(72)44(33-88(78,79)80)64-47(68)21-24-81-26-28-83-29-27-82-25-23-67-48(69)19-20-49(67)70/h5-6,8-9,11-20,30-31,34,43-44,50H,4,7,10,21-29,32-33H2,1-3H3,(H,61,71)(H,62,76)(H,63,77)(H,64,68)(H,65,73)(H,66,72)(H3,59,60,75)(H2,78,79,80)/t43-,44-,50-,58?/m0/s1. The Labute approximate surface area is 504 Å². The molecular weight excluding hydrogens is 1170 g/mol. The molecule has 0 saturated heterocycles. The van der Waals surface area contributed by atoms with Crippen LogP contribution in [0.5, 0.6) is 11.5 Å². The van der Waals surface area contributed by atoms with Crippen molar-refractivity contribution in [3.05, 3.63) is 125 Å². The number of anilines is 3. The van der Waals surface area contributed by atoms with Crippen molar-refractivity contribution in [2.75, 3.05) is 81.4 Å². The van der Waals surface area contributed by atoms with E-state index in [1.807, 2.05) is 0 Å². The summed E-state index contributed by atoms with van der Waals surface area (Å²) in [6.07, 6.45) is -0.540. The molecule has 3 aliphatic rings. The summed E-state index contributed by atoms with van der Waals surface area (Å²) < 4.78 is 51.4. The van der Waals surface area contributed by atoms with Gasteiger partial charge in [0.2, 0.25) is 23.6 Å². The van der Waals surface area contributed by atoms with Crippen LogP contribution in [0.3, 0.4) is 0 Å². The number of carbonyl (C=O) groups is 10. The fraction of sp³-hybridized carbons (Fsp3) is 0.379. The van der Waals surface area contributed by atoms with Crippen LogP contribution >= 0.6 is 7.60 Å². The molecule has 7 rings (SSSR count). The van der Waals surface area contributed by atoms with Gasteiger partial charge in [-0.1, -0.05) is 44.2 Å². The Morgan fingerprint density at radius 3 is 1.86 bits per heavy atom. The van der Waals surface area contributed by atoms with Crippen molar-refractivity contribution in [3.63, 3.8) is 0 Å². The lowest BCUT2D eigenvalue weighted by Gasteiger charge is -2.36. The third kappa shape index (κ3) is 18.2. The first-order chi connectivity index (χ1) is 42.0. The Hall–Kier alpha value is -9.25. The maximum absolute atomic E-state index is 13.9. The molecule has 3 heterocycles. The summed E-state index contributed by atoms with van der Waals surface area (Å²) in [6, 6.07) is 17.4. The molecule has 30 heteroatoms. The van der Waals surface area contributed by atoms with Gasteiger partial charge in [0.05, 0.1) is 64.5 Å². The number of esters is 1. The zero-order chi connectivity index (χ0) is 63.5. The van der Waals surface area contributed by atoms with E-state index in [0.717, 1.165) is 4.90 Å². The monoisotopic (exact) mass is 1240 g/mol. The molecule has 4 atom stereocenters. The van der Waals surface area contributed by atoms with Gasteiger partial charge in [0, 0.05) is 71.0 Å². The van der Waals surface area contributed by atoms with Crippen LogP contribution in [0.25, 0.3) is 0 Å². The highest BCUT2D eigenvalue weighted by Crippen LogP contribution is 2.57. The number of rotatable bonds is 31. The van der Waals surface area contributed by atoms with Gasteiger partial charge in [-0.15, -0.1) is 0 Å². The lowest BCUT2D eigenvalue weighted by Crippen LogP contribution is -2.58. The fourth-order valence-electron chi connectivity index (χ4n) is 9.38. The number of hydrogen-bond donors (Lipinski definition) is 10. The van der Waals surface area contributed by atoms with E-state index < -0.39 is 103 Å². The van der Waals surface area contributed by atoms with E-state index in [2.05, 4.69) is 37.2 Å². The summed E-state index contributed by atoms with van der Waals surface area (Å²) in [5.74, 6) is -5.06. The zero-order valence-corrected chi connectivity index (χ0v) is 49.1. The first kappa shape index (κ1) is 66.3. The summed E-state index contributed by atoms with van der Waals surface area (Å²) in [6.45, 7) is 5.29. The van der Waals surface area contributed by atoms with Crippen molar-refractivity contribution in [1.29, 1.82) is 0 Å². The molecule has 0 fully saturated rings. The molecule has 0 aliphatic carbocycles. The van der Waals surface area contributed by atoms with Crippen LogP contribution in [0.15, 0.2) is 97.1 Å². The molecule has 4 aromatic carbocycles. The number of nitrogens with zero attached hydrogens (tertiary/aromatic N) is 1. The molecule has 0 bridgehead atoms. The molecule has 4 aromatic rings. The van der Waals surface area contributed by atoms with Gasteiger partial charge in [-0.3, -0.25) is 48.9 Å². The Morgan fingerprint density at radius 2 is 1.26 bits per heavy atom. The van der Waals surface area contributed by atoms with Crippen LogP contribution in [0.2, 0.25) is 0 Å². The molecule has 470 valence electrons. The Bertz CT molecular complexity index is 3320. The number of primary amides is 1. The number of benzene rings is 4. The van der Waals surface area contributed by atoms with Crippen molar-refractivity contribution in [1.82, 2.24) is 26.2 Å². The number of nitrogens with one attached hydrogen (secondary N) is 7. The van der Waals surface area contributed by atoms with Gasteiger partial charge < -0.3 is 75.3 Å². The van der Waals surface area contributed by atoms with Gasteiger partial charge in [-0.2, -0.15) is 0 Å². The Kier molecular flexibility index (Phi) is 23.3. The molecular formula is C58H68N9O20P. The van der Waals surface area contributed by atoms with Crippen molar-refractivity contribution < 1.29 is 95.5 Å². The van der Waals surface area contributed by atoms with Crippen LogP contribution in [0.1, 0.15) is 72.6 Å². The van der Waals surface area contributed by atoms with E-state index in [9.17, 15) is 62.3 Å². The minimum Gasteiger partial charge on any atom is -0.456 e. The van der Waals surface area contributed by atoms with Gasteiger partial charge in [-0.05, 0) is 73.7 Å². The van der Waals surface area contributed by atoms with E-state index in [4.69, 9.17) is 38.9 Å². The summed E-state index contributed by atoms with van der Waals surface area (Å²) >= 11 is 0. The molecule has 88 heavy (non-hydrogen) atoms. The Balaban J connectivity index is 0.906. The highest BCUT2D eigenvalue weighted by atomic mass is 31.2. The summed E-state index contributed by atoms with van der Waals surface area (Å²) in [5, 5.41) is 17.8. The van der Waals surface area contributed by atoms with E-state index in [0.29, 0.717) is 33.5 Å². The minimum absolute atomic E-state index is 0.0222. The summed E-state index contributed by atoms with van der Waals surface area (Å²) in [4.78, 5) is 148. The minimum atomic E-state index is -4.94. The van der Waals surface area contributed by atoms with Crippen molar-refractivity contribution >= 4 is 84.3 Å². The quantitative estimate of drug-likeness (QED) is 0.0113. The normalized spacial score (nSPS) is 15.6. The largest absolute Gasteiger partial charge is 0.456 e. The van der Waals surface area contributed by atoms with Crippen LogP contribution < -0.4 is 47.7 Å². The number of fused-ring (bicyclic) bond motifs is 6. The fourth-order valence-corrected chi connectivity index (χ4v) is 10.1. The average Bonchev–Trinajstić information content (AvgIpc) is 1.46. The highest BCUT2D eigenvalue weighted by molar-refractivity contribution is 7.51. The summed E-state index contributed by atoms with van der Waals surface area (Å²) in [7, 11) is -4.94. The van der Waals surface area contributed by atoms with Gasteiger partial charge in [0.25, 0.3) is 11.8 Å². The van der Waals surface area contributed by atoms with Gasteiger partial charge in [0.15, 0.2) is 5.60 Å². The third-order valence-electron chi connectivity index (χ3n) is 13.6. The lowest BCUT2D eigenvalue weighted by atomic mass is 9.77. The second-order valence-corrected chi connectivity index (χ2v) is 22.0. The van der Waals surface area contributed by atoms with E-state index in [-0.39, 0.29) is 108 Å². The topological polar surface area (TPSA) is 406 Å². The van der Waals surface area contributed by atoms with Crippen molar-refractivity contribution in [2.24, 2.45) is 11.7 Å². The number of hydrogen-bond acceptors (Lipinski definition) is 18. The number of urea groups is 1. The molecule has 10 amide bonds. The van der Waals surface area contributed by atoms with E-state index in [1.165, 1.54) is 30.4 Å². The predicted molar refractivity (Wildman–Crippen MR) is 312 cm³/mol. The number of amides is 10. The van der Waals surface area contributed by atoms with Crippen molar-refractivity contribution in [3.8, 4) is 11.5 Å². The third-order valence-corrected chi connectivity index (χ3v) is 14.4. The smallest absolute Gasteiger partial charge is 0.411 e. The predicted octanol–water partition coefficient (Wildman–Crippen LogP) is 3.61. The molecule has 0 aromatic heterocycles. The number of nitrogens with two attached hydrogens (primary N) is 1. The Morgan fingerprint density at radius 1 is 0.670 bits per heavy atom. The van der Waals surface area contributed by atoms with E-state index in [1.54, 1.807) is 87.5 Å². The van der Waals surface area contributed by atoms with E-state index >= 15 is 0 Å². The molecule has 0 saturated carbocycles. The lowest BCUT2D eigenvalue weighted by molar-refractivity contribution is -0.137. The molecule has 1 spiro atoms. The number of ether oxygens (including phenoxy) is 7. The molecule has 0 radical (unpaired) electrons. The second kappa shape index (κ2) is 30.9. The van der Waals surface area contributed by atoms with Gasteiger partial charge >= 0.3 is 31.8 Å². The molecule has 11 N–H and O–H groups in total. The van der Waals surface area contributed by atoms with Gasteiger partial charge in [0.1, 0.15) is 36.2 Å². The maximum atomic E-state index is 13.9. The zero-order valence-electron chi connectivity index (χ0n) is 48.2. The van der Waals surface area contributed by atoms with Gasteiger partial charge in [-0.25, -0.2) is 19.2 Å². The van der Waals surface area contributed by atoms with Crippen LogP contribution in [-0.2, 0) is 74.0 Å². The highest BCUT2D eigenvalue weighted by Gasteiger charge is 2.53. The average molecular weight is 1240 g/mol. The molecule has 1 unspecified atom stereocenters. The first-order valence-electron chi connectivity index (χ1n) is 27.9. The van der Waals surface area contributed by atoms with Crippen LogP contribution in [0.4, 0.5) is 31.4 Å². The second-order valence-electron chi connectivity index (χ2n) is 20.3. The van der Waals surface area contributed by atoms with Crippen LogP contribution in [-0.4, -0.2) is 158 Å². The first-order valence-corrected chi connectivity index (χ1v) is 29.7. The molecule has 3 aliphatic heterocycles. The summed E-state index contributed by atoms with van der Waals surface area (Å²) in [5.41, 5.74) is 7.01. The molecule has 29 nitrogen and oxygen atoms in total. The maximum Gasteiger partial charge on any atom is 0.411 e. The van der Waals surface area contributed by atoms with Crippen molar-refractivity contribution in [2.45, 2.75) is 70.4 Å². The number of carbonyl (C=O) groups excluding carboxylic acids is 10. The number of imide groups is 1.